The van der Waals surface area contributed by atoms with Crippen LogP contribution < -0.4 is 4.90 Å². The first-order chi connectivity index (χ1) is 9.60. The second-order valence-electron chi connectivity index (χ2n) is 5.35. The van der Waals surface area contributed by atoms with Gasteiger partial charge in [0.15, 0.2) is 5.13 Å². The van der Waals surface area contributed by atoms with Gasteiger partial charge in [0.25, 0.3) is 0 Å². The molecule has 0 bridgehead atoms. The lowest BCUT2D eigenvalue weighted by molar-refractivity contribution is -0.140. The Bertz CT molecular complexity index is 449. The van der Waals surface area contributed by atoms with Crippen molar-refractivity contribution in [3.8, 4) is 0 Å². The third-order valence-electron chi connectivity index (χ3n) is 3.84. The summed E-state index contributed by atoms with van der Waals surface area (Å²) >= 11 is 1.65. The zero-order valence-electron chi connectivity index (χ0n) is 12.5. The zero-order valence-corrected chi connectivity index (χ0v) is 13.3. The van der Waals surface area contributed by atoms with Crippen molar-refractivity contribution >= 4 is 22.4 Å². The molecule has 1 aliphatic heterocycles. The third kappa shape index (κ3) is 3.93. The Kier molecular flexibility index (Phi) is 5.37. The Hall–Kier alpha value is -1.14. The SMILES string of the molecule is COC(=O)CCc1csc(N(C)CC2CCCN2C)n1. The average molecular weight is 297 g/mol. The minimum Gasteiger partial charge on any atom is -0.469 e. The van der Waals surface area contributed by atoms with Crippen molar-refractivity contribution in [1.29, 1.82) is 0 Å². The van der Waals surface area contributed by atoms with Crippen LogP contribution in [0.2, 0.25) is 0 Å². The molecule has 1 saturated heterocycles. The van der Waals surface area contributed by atoms with Crippen LogP contribution in [0, 0.1) is 0 Å². The lowest BCUT2D eigenvalue weighted by Gasteiger charge is -2.25. The Morgan fingerprint density at radius 2 is 2.45 bits per heavy atom. The highest BCUT2D eigenvalue weighted by atomic mass is 32.1. The van der Waals surface area contributed by atoms with E-state index in [1.807, 2.05) is 5.38 Å². The molecule has 0 aromatic carbocycles. The number of carbonyl (C=O) groups excluding carboxylic acids is 1. The molecule has 0 radical (unpaired) electrons. The first-order valence-electron chi connectivity index (χ1n) is 7.02. The minimum atomic E-state index is -0.180. The molecule has 0 amide bonds. The van der Waals surface area contributed by atoms with Gasteiger partial charge in [-0.25, -0.2) is 4.98 Å². The minimum absolute atomic E-state index is 0.180. The van der Waals surface area contributed by atoms with Crippen LogP contribution in [0.4, 0.5) is 5.13 Å². The molecule has 1 atom stereocenters. The Labute approximate surface area is 124 Å². The van der Waals surface area contributed by atoms with Crippen LogP contribution in [0.1, 0.15) is 25.0 Å². The maximum atomic E-state index is 11.1. The van der Waals surface area contributed by atoms with Crippen molar-refractivity contribution in [3.63, 3.8) is 0 Å². The predicted octanol–water partition coefficient (Wildman–Crippen LogP) is 1.78. The van der Waals surface area contributed by atoms with Gasteiger partial charge in [0.05, 0.1) is 19.2 Å². The van der Waals surface area contributed by atoms with Gasteiger partial charge in [-0.2, -0.15) is 0 Å². The van der Waals surface area contributed by atoms with Crippen molar-refractivity contribution < 1.29 is 9.53 Å². The van der Waals surface area contributed by atoms with Crippen LogP contribution in [0.15, 0.2) is 5.38 Å². The number of likely N-dealkylation sites (N-methyl/N-ethyl adjacent to an activating group) is 2. The van der Waals surface area contributed by atoms with Crippen molar-refractivity contribution in [2.75, 3.05) is 39.2 Å². The second-order valence-corrected chi connectivity index (χ2v) is 6.19. The van der Waals surface area contributed by atoms with Crippen molar-refractivity contribution in [1.82, 2.24) is 9.88 Å². The van der Waals surface area contributed by atoms with E-state index in [4.69, 9.17) is 0 Å². The fraction of sp³-hybridized carbons (Fsp3) is 0.714. The standard InChI is InChI=1S/C14H23N3O2S/c1-16-8-4-5-12(16)9-17(2)14-15-11(10-20-14)6-7-13(18)19-3/h10,12H,4-9H2,1-3H3. The highest BCUT2D eigenvalue weighted by molar-refractivity contribution is 7.13. The number of nitrogens with zero attached hydrogens (tertiary/aromatic N) is 3. The summed E-state index contributed by atoms with van der Waals surface area (Å²) in [7, 11) is 5.70. The van der Waals surface area contributed by atoms with Crippen LogP contribution in [-0.4, -0.2) is 56.2 Å². The van der Waals surface area contributed by atoms with E-state index in [0.717, 1.165) is 17.4 Å². The number of rotatable bonds is 6. The summed E-state index contributed by atoms with van der Waals surface area (Å²) in [6.45, 7) is 2.21. The highest BCUT2D eigenvalue weighted by Crippen LogP contribution is 2.23. The fourth-order valence-corrected chi connectivity index (χ4v) is 3.36. The molecule has 0 spiro atoms. The first-order valence-corrected chi connectivity index (χ1v) is 7.90. The number of thiazole rings is 1. The molecule has 0 aliphatic carbocycles. The zero-order chi connectivity index (χ0) is 14.5. The van der Waals surface area contributed by atoms with Crippen molar-refractivity contribution in [2.45, 2.75) is 31.7 Å². The maximum Gasteiger partial charge on any atom is 0.305 e. The summed E-state index contributed by atoms with van der Waals surface area (Å²) in [5.74, 6) is -0.180. The number of methoxy groups -OCH3 is 1. The molecule has 2 rings (SSSR count). The van der Waals surface area contributed by atoms with Crippen molar-refractivity contribution in [2.24, 2.45) is 0 Å². The molecule has 1 fully saturated rings. The van der Waals surface area contributed by atoms with Gasteiger partial charge >= 0.3 is 5.97 Å². The van der Waals surface area contributed by atoms with E-state index < -0.39 is 0 Å². The lowest BCUT2D eigenvalue weighted by atomic mass is 10.2. The predicted molar refractivity (Wildman–Crippen MR) is 81.4 cm³/mol. The number of hydrogen-bond acceptors (Lipinski definition) is 6. The molecule has 6 heteroatoms. The van der Waals surface area contributed by atoms with E-state index in [2.05, 4.69) is 33.6 Å². The average Bonchev–Trinajstić information content (AvgIpc) is 3.06. The molecule has 1 aromatic heterocycles. The second kappa shape index (κ2) is 7.04. The number of likely N-dealkylation sites (tertiary alicyclic amines) is 1. The molecule has 112 valence electrons. The van der Waals surface area contributed by atoms with E-state index in [1.54, 1.807) is 11.3 Å². The number of carbonyl (C=O) groups is 1. The quantitative estimate of drug-likeness (QED) is 0.749. The van der Waals surface area contributed by atoms with E-state index >= 15 is 0 Å². The third-order valence-corrected chi connectivity index (χ3v) is 4.84. The topological polar surface area (TPSA) is 45.7 Å². The van der Waals surface area contributed by atoms with Crippen LogP contribution in [0.3, 0.4) is 0 Å². The molecule has 20 heavy (non-hydrogen) atoms. The van der Waals surface area contributed by atoms with Crippen LogP contribution >= 0.6 is 11.3 Å². The molecular formula is C14H23N3O2S. The molecule has 0 saturated carbocycles. The fourth-order valence-electron chi connectivity index (χ4n) is 2.52. The van der Waals surface area contributed by atoms with Gasteiger partial charge in [-0.05, 0) is 26.4 Å². The van der Waals surface area contributed by atoms with Gasteiger partial charge in [0.1, 0.15) is 0 Å². The van der Waals surface area contributed by atoms with E-state index in [9.17, 15) is 4.79 Å². The summed E-state index contributed by atoms with van der Waals surface area (Å²) in [5.41, 5.74) is 0.974. The van der Waals surface area contributed by atoms with Gasteiger partial charge in [0.2, 0.25) is 0 Å². The summed E-state index contributed by atoms with van der Waals surface area (Å²) in [4.78, 5) is 20.4. The van der Waals surface area contributed by atoms with Gasteiger partial charge in [0, 0.05) is 31.4 Å². The molecule has 1 unspecified atom stereocenters. The van der Waals surface area contributed by atoms with Crippen molar-refractivity contribution in [3.05, 3.63) is 11.1 Å². The first kappa shape index (κ1) is 15.3. The maximum absolute atomic E-state index is 11.1. The highest BCUT2D eigenvalue weighted by Gasteiger charge is 2.23. The number of hydrogen-bond donors (Lipinski definition) is 0. The summed E-state index contributed by atoms with van der Waals surface area (Å²) in [6.07, 6.45) is 3.60. The van der Waals surface area contributed by atoms with Gasteiger partial charge < -0.3 is 14.5 Å². The number of aryl methyl sites for hydroxylation is 1. The number of anilines is 1. The van der Waals surface area contributed by atoms with Crippen LogP contribution in [0.25, 0.3) is 0 Å². The largest absolute Gasteiger partial charge is 0.469 e. The van der Waals surface area contributed by atoms with Gasteiger partial charge in [-0.3, -0.25) is 4.79 Å². The molecule has 1 aliphatic rings. The Morgan fingerprint density at radius 1 is 1.65 bits per heavy atom. The van der Waals surface area contributed by atoms with E-state index in [0.29, 0.717) is 18.9 Å². The molecular weight excluding hydrogens is 274 g/mol. The molecule has 2 heterocycles. The smallest absolute Gasteiger partial charge is 0.305 e. The number of aromatic nitrogens is 1. The molecule has 1 aromatic rings. The van der Waals surface area contributed by atoms with Crippen LogP contribution in [0.5, 0.6) is 0 Å². The number of ether oxygens (including phenoxy) is 1. The van der Waals surface area contributed by atoms with E-state index in [-0.39, 0.29) is 5.97 Å². The van der Waals surface area contributed by atoms with E-state index in [1.165, 1.54) is 26.5 Å². The molecule has 5 nitrogen and oxygen atoms in total. The Balaban J connectivity index is 1.86. The summed E-state index contributed by atoms with van der Waals surface area (Å²) < 4.78 is 4.65. The summed E-state index contributed by atoms with van der Waals surface area (Å²) in [5, 5.41) is 3.07. The normalized spacial score (nSPS) is 19.2. The number of esters is 1. The Morgan fingerprint density at radius 3 is 3.10 bits per heavy atom. The molecule has 0 N–H and O–H groups in total. The monoisotopic (exact) mass is 297 g/mol. The van der Waals surface area contributed by atoms with Crippen LogP contribution in [-0.2, 0) is 16.0 Å². The van der Waals surface area contributed by atoms with Gasteiger partial charge in [-0.1, -0.05) is 0 Å². The lowest BCUT2D eigenvalue weighted by Crippen LogP contribution is -2.36. The summed E-state index contributed by atoms with van der Waals surface area (Å²) in [6, 6.07) is 0.627. The van der Waals surface area contributed by atoms with Gasteiger partial charge in [-0.15, -0.1) is 11.3 Å².